The van der Waals surface area contributed by atoms with Crippen LogP contribution in [0, 0.1) is 6.92 Å². The van der Waals surface area contributed by atoms with Crippen LogP contribution >= 0.6 is 0 Å². The van der Waals surface area contributed by atoms with Crippen LogP contribution in [0.15, 0.2) is 18.2 Å². The molecule has 0 aliphatic carbocycles. The zero-order valence-electron chi connectivity index (χ0n) is 9.95. The molecular formula is C13H15NO3. The second-order valence-corrected chi connectivity index (χ2v) is 4.27. The number of hydrogen-bond acceptors (Lipinski definition) is 3. The van der Waals surface area contributed by atoms with Crippen molar-refractivity contribution in [2.45, 2.75) is 19.3 Å². The van der Waals surface area contributed by atoms with E-state index >= 15 is 0 Å². The van der Waals surface area contributed by atoms with Gasteiger partial charge >= 0.3 is 5.97 Å². The fraction of sp³-hybridized carbons (Fsp3) is 0.385. The first-order chi connectivity index (χ1) is 8.11. The van der Waals surface area contributed by atoms with E-state index < -0.39 is 0 Å². The molecule has 1 aliphatic heterocycles. The third-order valence-corrected chi connectivity index (χ3v) is 3.10. The number of aryl methyl sites for hydroxylation is 1. The molecule has 1 atom stereocenters. The van der Waals surface area contributed by atoms with Gasteiger partial charge in [-0.2, -0.15) is 0 Å². The smallest absolute Gasteiger partial charge is 0.338 e. The summed E-state index contributed by atoms with van der Waals surface area (Å²) >= 11 is 0. The van der Waals surface area contributed by atoms with Crippen LogP contribution in [0.1, 0.15) is 33.8 Å². The number of rotatable bonds is 2. The fourth-order valence-electron chi connectivity index (χ4n) is 2.12. The normalized spacial score (nSPS) is 18.9. The van der Waals surface area contributed by atoms with Gasteiger partial charge in [-0.1, -0.05) is 12.1 Å². The topological polar surface area (TPSA) is 55.4 Å². The summed E-state index contributed by atoms with van der Waals surface area (Å²) in [5, 5.41) is 2.81. The maximum atomic E-state index is 11.4. The lowest BCUT2D eigenvalue weighted by Crippen LogP contribution is -2.13. The molecule has 1 N–H and O–H groups in total. The summed E-state index contributed by atoms with van der Waals surface area (Å²) in [6.07, 6.45) is 0.525. The summed E-state index contributed by atoms with van der Waals surface area (Å²) in [7, 11) is 1.37. The molecule has 2 rings (SSSR count). The lowest BCUT2D eigenvalue weighted by molar-refractivity contribution is -0.119. The predicted octanol–water partition coefficient (Wildman–Crippen LogP) is 1.39. The average Bonchev–Trinajstić information content (AvgIpc) is 2.75. The minimum absolute atomic E-state index is 0.0877. The summed E-state index contributed by atoms with van der Waals surface area (Å²) in [5.41, 5.74) is 2.55. The Balaban J connectivity index is 2.24. The molecule has 4 heteroatoms. The highest BCUT2D eigenvalue weighted by atomic mass is 16.5. The number of carbonyl (C=O) groups is 2. The van der Waals surface area contributed by atoms with Crippen LogP contribution in [-0.4, -0.2) is 25.5 Å². The molecule has 0 saturated carbocycles. The average molecular weight is 233 g/mol. The van der Waals surface area contributed by atoms with Gasteiger partial charge in [-0.15, -0.1) is 0 Å². The molecule has 4 nitrogen and oxygen atoms in total. The Hall–Kier alpha value is -1.84. The summed E-state index contributed by atoms with van der Waals surface area (Å²) in [6, 6.07) is 5.61. The van der Waals surface area contributed by atoms with Crippen LogP contribution in [-0.2, 0) is 9.53 Å². The van der Waals surface area contributed by atoms with Gasteiger partial charge in [0.1, 0.15) is 0 Å². The van der Waals surface area contributed by atoms with Gasteiger partial charge in [0.25, 0.3) is 0 Å². The third kappa shape index (κ3) is 2.30. The van der Waals surface area contributed by atoms with Crippen molar-refractivity contribution in [2.75, 3.05) is 13.7 Å². The first kappa shape index (κ1) is 11.6. The summed E-state index contributed by atoms with van der Waals surface area (Å²) in [4.78, 5) is 22.6. The van der Waals surface area contributed by atoms with Crippen molar-refractivity contribution in [2.24, 2.45) is 0 Å². The molecule has 1 unspecified atom stereocenters. The molecule has 1 amide bonds. The van der Waals surface area contributed by atoms with E-state index in [-0.39, 0.29) is 17.8 Å². The van der Waals surface area contributed by atoms with Crippen molar-refractivity contribution >= 4 is 11.9 Å². The second-order valence-electron chi connectivity index (χ2n) is 4.27. The zero-order valence-corrected chi connectivity index (χ0v) is 9.95. The molecule has 0 bridgehead atoms. The van der Waals surface area contributed by atoms with E-state index in [4.69, 9.17) is 4.74 Å². The summed E-state index contributed by atoms with van der Waals surface area (Å²) < 4.78 is 4.69. The first-order valence-electron chi connectivity index (χ1n) is 5.57. The number of carbonyl (C=O) groups excluding carboxylic acids is 2. The van der Waals surface area contributed by atoms with Gasteiger partial charge in [-0.05, 0) is 24.1 Å². The van der Waals surface area contributed by atoms with Crippen LogP contribution in [0.4, 0.5) is 0 Å². The van der Waals surface area contributed by atoms with E-state index in [1.165, 1.54) is 7.11 Å². The Morgan fingerprint density at radius 1 is 1.47 bits per heavy atom. The number of hydrogen-bond donors (Lipinski definition) is 1. The zero-order chi connectivity index (χ0) is 12.4. The molecular weight excluding hydrogens is 218 g/mol. The fourth-order valence-corrected chi connectivity index (χ4v) is 2.12. The van der Waals surface area contributed by atoms with Gasteiger partial charge in [0.2, 0.25) is 5.91 Å². The Morgan fingerprint density at radius 3 is 2.76 bits per heavy atom. The monoisotopic (exact) mass is 233 g/mol. The lowest BCUT2D eigenvalue weighted by Gasteiger charge is -2.10. The van der Waals surface area contributed by atoms with Crippen LogP contribution in [0.5, 0.6) is 0 Å². The summed E-state index contributed by atoms with van der Waals surface area (Å²) in [5.74, 6) is -0.0210. The SMILES string of the molecule is COC(=O)c1ccc(C2CNC(=O)C2)cc1C. The Morgan fingerprint density at radius 2 is 2.24 bits per heavy atom. The molecule has 17 heavy (non-hydrogen) atoms. The largest absolute Gasteiger partial charge is 0.465 e. The van der Waals surface area contributed by atoms with Gasteiger partial charge in [-0.3, -0.25) is 4.79 Å². The molecule has 1 heterocycles. The highest BCUT2D eigenvalue weighted by Crippen LogP contribution is 2.25. The van der Waals surface area contributed by atoms with E-state index in [1.807, 2.05) is 19.1 Å². The first-order valence-corrected chi connectivity index (χ1v) is 5.57. The van der Waals surface area contributed by atoms with Crippen LogP contribution < -0.4 is 5.32 Å². The van der Waals surface area contributed by atoms with Crippen molar-refractivity contribution in [1.82, 2.24) is 5.32 Å². The van der Waals surface area contributed by atoms with E-state index in [1.54, 1.807) is 6.07 Å². The van der Waals surface area contributed by atoms with E-state index in [2.05, 4.69) is 5.32 Å². The maximum absolute atomic E-state index is 11.4. The van der Waals surface area contributed by atoms with Gasteiger partial charge in [-0.25, -0.2) is 4.79 Å². The Labute approximate surface area is 100.0 Å². The van der Waals surface area contributed by atoms with Gasteiger partial charge in [0, 0.05) is 18.9 Å². The van der Waals surface area contributed by atoms with Crippen molar-refractivity contribution in [3.63, 3.8) is 0 Å². The number of esters is 1. The summed E-state index contributed by atoms with van der Waals surface area (Å²) in [6.45, 7) is 2.55. The van der Waals surface area contributed by atoms with Crippen molar-refractivity contribution in [3.8, 4) is 0 Å². The van der Waals surface area contributed by atoms with Crippen LogP contribution in [0.2, 0.25) is 0 Å². The molecule has 1 saturated heterocycles. The van der Waals surface area contributed by atoms with E-state index in [0.29, 0.717) is 18.5 Å². The van der Waals surface area contributed by atoms with Crippen molar-refractivity contribution in [3.05, 3.63) is 34.9 Å². The van der Waals surface area contributed by atoms with Crippen molar-refractivity contribution < 1.29 is 14.3 Å². The van der Waals surface area contributed by atoms with Gasteiger partial charge in [0.15, 0.2) is 0 Å². The van der Waals surface area contributed by atoms with Crippen LogP contribution in [0.25, 0.3) is 0 Å². The number of nitrogens with one attached hydrogen (secondary N) is 1. The maximum Gasteiger partial charge on any atom is 0.338 e. The quantitative estimate of drug-likeness (QED) is 0.785. The highest BCUT2D eigenvalue weighted by molar-refractivity contribution is 5.91. The number of amides is 1. The molecule has 0 spiro atoms. The predicted molar refractivity (Wildman–Crippen MR) is 62.9 cm³/mol. The van der Waals surface area contributed by atoms with Gasteiger partial charge in [0.05, 0.1) is 12.7 Å². The van der Waals surface area contributed by atoms with E-state index in [0.717, 1.165) is 11.1 Å². The van der Waals surface area contributed by atoms with E-state index in [9.17, 15) is 9.59 Å². The molecule has 0 radical (unpaired) electrons. The highest BCUT2D eigenvalue weighted by Gasteiger charge is 2.23. The third-order valence-electron chi connectivity index (χ3n) is 3.10. The molecule has 1 aromatic carbocycles. The Bertz CT molecular complexity index is 468. The minimum atomic E-state index is -0.324. The van der Waals surface area contributed by atoms with Crippen LogP contribution in [0.3, 0.4) is 0 Å². The molecule has 0 aromatic heterocycles. The number of methoxy groups -OCH3 is 1. The standard InChI is InChI=1S/C13H15NO3/c1-8-5-9(10-6-12(15)14-7-10)3-4-11(8)13(16)17-2/h3-5,10H,6-7H2,1-2H3,(H,14,15). The van der Waals surface area contributed by atoms with Crippen molar-refractivity contribution in [1.29, 1.82) is 0 Å². The molecule has 90 valence electrons. The molecule has 1 fully saturated rings. The lowest BCUT2D eigenvalue weighted by atomic mass is 9.94. The molecule has 1 aromatic rings. The second kappa shape index (κ2) is 4.57. The van der Waals surface area contributed by atoms with Gasteiger partial charge < -0.3 is 10.1 Å². The minimum Gasteiger partial charge on any atom is -0.465 e. The Kier molecular flexibility index (Phi) is 3.13. The number of benzene rings is 1. The molecule has 1 aliphatic rings. The number of ether oxygens (including phenoxy) is 1.